The largest absolute Gasteiger partial charge is 0.481 e. The smallest absolute Gasteiger partial charge is 0.303 e. The Morgan fingerprint density at radius 2 is 1.68 bits per heavy atom. The summed E-state index contributed by atoms with van der Waals surface area (Å²) >= 11 is 0. The minimum absolute atomic E-state index is 0.00759. The Labute approximate surface area is 114 Å². The molecule has 0 fully saturated rings. The predicted octanol–water partition coefficient (Wildman–Crippen LogP) is 1.05. The van der Waals surface area contributed by atoms with Gasteiger partial charge in [-0.15, -0.1) is 0 Å². The summed E-state index contributed by atoms with van der Waals surface area (Å²) in [5.41, 5.74) is 0. The van der Waals surface area contributed by atoms with Crippen LogP contribution in [-0.4, -0.2) is 50.0 Å². The van der Waals surface area contributed by atoms with Crippen molar-refractivity contribution in [2.75, 3.05) is 33.0 Å². The lowest BCUT2D eigenvalue weighted by Gasteiger charge is -2.08. The molecule has 0 radical (unpaired) electrons. The Hall–Kier alpha value is -1.14. The Morgan fingerprint density at radius 3 is 2.26 bits per heavy atom. The zero-order valence-electron chi connectivity index (χ0n) is 11.8. The molecule has 6 heteroatoms. The Kier molecular flexibility index (Phi) is 11.2. The van der Waals surface area contributed by atoms with Gasteiger partial charge in [-0.3, -0.25) is 9.59 Å². The van der Waals surface area contributed by atoms with E-state index >= 15 is 0 Å². The van der Waals surface area contributed by atoms with E-state index in [9.17, 15) is 9.59 Å². The molecule has 0 atom stereocenters. The number of rotatable bonds is 12. The molecule has 0 unspecified atom stereocenters. The van der Waals surface area contributed by atoms with Crippen LogP contribution in [0.5, 0.6) is 0 Å². The minimum atomic E-state index is -0.968. The van der Waals surface area contributed by atoms with Crippen molar-refractivity contribution in [2.24, 2.45) is 5.92 Å². The number of carboxylic acids is 1. The Balaban J connectivity index is 3.18. The van der Waals surface area contributed by atoms with Crippen LogP contribution in [-0.2, 0) is 19.1 Å². The summed E-state index contributed by atoms with van der Waals surface area (Å²) < 4.78 is 10.6. The molecule has 2 N–H and O–H groups in total. The topological polar surface area (TPSA) is 84.9 Å². The number of ether oxygens (including phenoxy) is 2. The van der Waals surface area contributed by atoms with Crippen LogP contribution in [0.15, 0.2) is 0 Å². The quantitative estimate of drug-likeness (QED) is 0.520. The molecule has 0 rings (SSSR count). The highest BCUT2D eigenvalue weighted by Gasteiger charge is 2.03. The lowest BCUT2D eigenvalue weighted by molar-refractivity contribution is -0.138. The van der Waals surface area contributed by atoms with Crippen molar-refractivity contribution in [1.82, 2.24) is 5.32 Å². The van der Waals surface area contributed by atoms with Crippen LogP contribution in [0.3, 0.4) is 0 Å². The van der Waals surface area contributed by atoms with Gasteiger partial charge in [0, 0.05) is 19.6 Å². The Morgan fingerprint density at radius 1 is 1.05 bits per heavy atom. The molecule has 0 aliphatic heterocycles. The van der Waals surface area contributed by atoms with E-state index in [4.69, 9.17) is 14.6 Å². The van der Waals surface area contributed by atoms with Crippen LogP contribution >= 0.6 is 0 Å². The number of amides is 1. The summed E-state index contributed by atoms with van der Waals surface area (Å²) in [4.78, 5) is 21.4. The number of carbonyl (C=O) groups is 2. The van der Waals surface area contributed by atoms with E-state index in [0.717, 1.165) is 13.0 Å². The monoisotopic (exact) mass is 275 g/mol. The molecule has 0 aromatic heterocycles. The molecule has 0 bridgehead atoms. The van der Waals surface area contributed by atoms with E-state index in [1.807, 2.05) is 0 Å². The van der Waals surface area contributed by atoms with Crippen molar-refractivity contribution in [2.45, 2.75) is 33.1 Å². The van der Waals surface area contributed by atoms with E-state index in [0.29, 0.717) is 32.3 Å². The van der Waals surface area contributed by atoms with Gasteiger partial charge in [0.05, 0.1) is 26.2 Å². The summed E-state index contributed by atoms with van der Waals surface area (Å²) in [5, 5.41) is 11.0. The minimum Gasteiger partial charge on any atom is -0.481 e. The van der Waals surface area contributed by atoms with Crippen molar-refractivity contribution in [3.05, 3.63) is 0 Å². The van der Waals surface area contributed by atoms with Gasteiger partial charge in [0.1, 0.15) is 0 Å². The molecular formula is C13H25NO5. The van der Waals surface area contributed by atoms with Crippen LogP contribution in [0, 0.1) is 5.92 Å². The van der Waals surface area contributed by atoms with Gasteiger partial charge in [0.25, 0.3) is 0 Å². The first kappa shape index (κ1) is 17.9. The first-order chi connectivity index (χ1) is 9.02. The van der Waals surface area contributed by atoms with E-state index in [1.54, 1.807) is 0 Å². The fraction of sp³-hybridized carbons (Fsp3) is 0.846. The van der Waals surface area contributed by atoms with Gasteiger partial charge in [-0.2, -0.15) is 0 Å². The van der Waals surface area contributed by atoms with Crippen LogP contribution in [0.1, 0.15) is 33.1 Å². The molecule has 0 heterocycles. The number of hydrogen-bond donors (Lipinski definition) is 2. The lowest BCUT2D eigenvalue weighted by Crippen LogP contribution is -2.27. The zero-order valence-corrected chi connectivity index (χ0v) is 11.8. The van der Waals surface area contributed by atoms with Crippen molar-refractivity contribution in [3.63, 3.8) is 0 Å². The molecule has 0 aliphatic carbocycles. The average molecular weight is 275 g/mol. The molecule has 112 valence electrons. The van der Waals surface area contributed by atoms with E-state index in [2.05, 4.69) is 19.2 Å². The average Bonchev–Trinajstić information content (AvgIpc) is 2.34. The van der Waals surface area contributed by atoms with Gasteiger partial charge in [0.15, 0.2) is 0 Å². The van der Waals surface area contributed by atoms with Crippen LogP contribution in [0.2, 0.25) is 0 Å². The standard InChI is InChI=1S/C13H25NO5/c1-11(2)5-7-18-9-10-19-8-6-14-12(15)3-4-13(16)17/h11H,3-10H2,1-2H3,(H,14,15)(H,16,17). The fourth-order valence-electron chi connectivity index (χ4n) is 1.21. The van der Waals surface area contributed by atoms with E-state index < -0.39 is 5.97 Å². The molecule has 0 spiro atoms. The van der Waals surface area contributed by atoms with Crippen molar-refractivity contribution >= 4 is 11.9 Å². The van der Waals surface area contributed by atoms with Crippen LogP contribution in [0.4, 0.5) is 0 Å². The van der Waals surface area contributed by atoms with Crippen LogP contribution < -0.4 is 5.32 Å². The normalized spacial score (nSPS) is 10.7. The van der Waals surface area contributed by atoms with Gasteiger partial charge in [-0.25, -0.2) is 0 Å². The summed E-state index contributed by atoms with van der Waals surface area (Å²) in [7, 11) is 0. The molecule has 0 aromatic carbocycles. The number of aliphatic carboxylic acids is 1. The van der Waals surface area contributed by atoms with Crippen molar-refractivity contribution in [3.8, 4) is 0 Å². The van der Waals surface area contributed by atoms with Gasteiger partial charge >= 0.3 is 5.97 Å². The third-order valence-corrected chi connectivity index (χ3v) is 2.35. The molecule has 0 saturated heterocycles. The highest BCUT2D eigenvalue weighted by atomic mass is 16.5. The fourth-order valence-corrected chi connectivity index (χ4v) is 1.21. The first-order valence-electron chi connectivity index (χ1n) is 6.66. The van der Waals surface area contributed by atoms with Gasteiger partial charge in [-0.05, 0) is 12.3 Å². The molecule has 1 amide bonds. The molecule has 0 saturated carbocycles. The summed E-state index contributed by atoms with van der Waals surface area (Å²) in [6.07, 6.45) is 0.906. The van der Waals surface area contributed by atoms with Gasteiger partial charge in [-0.1, -0.05) is 13.8 Å². The summed E-state index contributed by atoms with van der Waals surface area (Å²) in [5.74, 6) is -0.592. The van der Waals surface area contributed by atoms with Crippen LogP contribution in [0.25, 0.3) is 0 Å². The maximum absolute atomic E-state index is 11.1. The third-order valence-electron chi connectivity index (χ3n) is 2.35. The second-order valence-corrected chi connectivity index (χ2v) is 4.65. The molecule has 19 heavy (non-hydrogen) atoms. The number of carboxylic acid groups (broad SMARTS) is 1. The number of nitrogens with one attached hydrogen (secondary N) is 1. The Bertz CT molecular complexity index is 255. The van der Waals surface area contributed by atoms with Gasteiger partial charge in [0.2, 0.25) is 5.91 Å². The second kappa shape index (κ2) is 11.9. The molecular weight excluding hydrogens is 250 g/mol. The number of hydrogen-bond acceptors (Lipinski definition) is 4. The molecule has 6 nitrogen and oxygen atoms in total. The van der Waals surface area contributed by atoms with Crippen molar-refractivity contribution in [1.29, 1.82) is 0 Å². The zero-order chi connectivity index (χ0) is 14.5. The van der Waals surface area contributed by atoms with E-state index in [1.165, 1.54) is 0 Å². The third kappa shape index (κ3) is 14.8. The maximum atomic E-state index is 11.1. The predicted molar refractivity (Wildman–Crippen MR) is 71.0 cm³/mol. The molecule has 0 aromatic rings. The SMILES string of the molecule is CC(C)CCOCCOCCNC(=O)CCC(=O)O. The second-order valence-electron chi connectivity index (χ2n) is 4.65. The van der Waals surface area contributed by atoms with E-state index in [-0.39, 0.29) is 18.7 Å². The highest BCUT2D eigenvalue weighted by molar-refractivity contribution is 5.80. The summed E-state index contributed by atoms with van der Waals surface area (Å²) in [6, 6.07) is 0. The highest BCUT2D eigenvalue weighted by Crippen LogP contribution is 1.98. The first-order valence-corrected chi connectivity index (χ1v) is 6.66. The van der Waals surface area contributed by atoms with Crippen molar-refractivity contribution < 1.29 is 24.2 Å². The molecule has 0 aliphatic rings. The summed E-state index contributed by atoms with van der Waals surface area (Å²) in [6.45, 7) is 6.90. The lowest BCUT2D eigenvalue weighted by atomic mass is 10.1. The number of carbonyl (C=O) groups excluding carboxylic acids is 1. The van der Waals surface area contributed by atoms with Gasteiger partial charge < -0.3 is 19.9 Å². The maximum Gasteiger partial charge on any atom is 0.303 e.